The molecule has 2 aliphatic rings. The number of hydrogen-bond donors (Lipinski definition) is 1. The zero-order valence-electron chi connectivity index (χ0n) is 16.5. The van der Waals surface area contributed by atoms with Crippen molar-refractivity contribution in [1.29, 1.82) is 0 Å². The molecule has 2 aromatic heterocycles. The van der Waals surface area contributed by atoms with E-state index in [4.69, 9.17) is 5.73 Å². The van der Waals surface area contributed by atoms with Gasteiger partial charge in [-0.3, -0.25) is 4.79 Å². The molecule has 0 aromatic carbocycles. The van der Waals surface area contributed by atoms with Crippen LogP contribution >= 0.6 is 0 Å². The van der Waals surface area contributed by atoms with E-state index in [2.05, 4.69) is 28.8 Å². The van der Waals surface area contributed by atoms with Crippen LogP contribution in [-0.4, -0.2) is 44.7 Å². The van der Waals surface area contributed by atoms with Gasteiger partial charge >= 0.3 is 0 Å². The first kappa shape index (κ1) is 18.4. The Morgan fingerprint density at radius 1 is 1.19 bits per heavy atom. The molecular formula is C21H31N5O. The Balaban J connectivity index is 1.56. The van der Waals surface area contributed by atoms with Gasteiger partial charge in [-0.1, -0.05) is 0 Å². The van der Waals surface area contributed by atoms with Crippen molar-refractivity contribution in [2.45, 2.75) is 64.5 Å². The van der Waals surface area contributed by atoms with E-state index >= 15 is 0 Å². The highest BCUT2D eigenvalue weighted by Crippen LogP contribution is 2.34. The largest absolute Gasteiger partial charge is 0.335 e. The van der Waals surface area contributed by atoms with Gasteiger partial charge in [0.15, 0.2) is 5.65 Å². The zero-order valence-corrected chi connectivity index (χ0v) is 16.5. The maximum atomic E-state index is 13.4. The highest BCUT2D eigenvalue weighted by atomic mass is 16.2. The lowest BCUT2D eigenvalue weighted by atomic mass is 9.85. The minimum Gasteiger partial charge on any atom is -0.335 e. The number of carbonyl (C=O) groups excluding carboxylic acids is 1. The maximum absolute atomic E-state index is 13.4. The van der Waals surface area contributed by atoms with Crippen molar-refractivity contribution in [3.05, 3.63) is 24.0 Å². The number of fused-ring (bicyclic) bond motifs is 1. The van der Waals surface area contributed by atoms with Crippen LogP contribution in [0, 0.1) is 11.8 Å². The number of amides is 1. The first-order chi connectivity index (χ1) is 13.1. The number of pyridine rings is 1. The predicted molar refractivity (Wildman–Crippen MR) is 106 cm³/mol. The highest BCUT2D eigenvalue weighted by Gasteiger charge is 2.34. The van der Waals surface area contributed by atoms with Crippen molar-refractivity contribution < 1.29 is 4.79 Å². The molecule has 6 heteroatoms. The second-order valence-electron chi connectivity index (χ2n) is 8.63. The number of carbonyl (C=O) groups is 1. The molecule has 0 saturated heterocycles. The van der Waals surface area contributed by atoms with Gasteiger partial charge in [-0.25, -0.2) is 9.67 Å². The average molecular weight is 370 g/mol. The third kappa shape index (κ3) is 3.86. The van der Waals surface area contributed by atoms with Crippen molar-refractivity contribution in [1.82, 2.24) is 19.7 Å². The summed E-state index contributed by atoms with van der Waals surface area (Å²) in [6.45, 7) is 5.83. The van der Waals surface area contributed by atoms with Gasteiger partial charge in [0.2, 0.25) is 0 Å². The quantitative estimate of drug-likeness (QED) is 0.847. The molecule has 27 heavy (non-hydrogen) atoms. The number of hydrogen-bond acceptors (Lipinski definition) is 4. The van der Waals surface area contributed by atoms with Gasteiger partial charge in [-0.2, -0.15) is 5.10 Å². The van der Waals surface area contributed by atoms with Crippen LogP contribution in [0.15, 0.2) is 18.5 Å². The number of aromatic nitrogens is 3. The van der Waals surface area contributed by atoms with Crippen LogP contribution in [0.2, 0.25) is 0 Å². The third-order valence-corrected chi connectivity index (χ3v) is 6.17. The van der Waals surface area contributed by atoms with Crippen LogP contribution in [0.4, 0.5) is 0 Å². The predicted octanol–water partition coefficient (Wildman–Crippen LogP) is 3.38. The molecule has 2 saturated carbocycles. The second kappa shape index (κ2) is 7.58. The molecule has 0 atom stereocenters. The van der Waals surface area contributed by atoms with E-state index in [9.17, 15) is 4.79 Å². The van der Waals surface area contributed by atoms with Crippen molar-refractivity contribution >= 4 is 16.9 Å². The molecule has 0 spiro atoms. The van der Waals surface area contributed by atoms with Crippen LogP contribution in [0.1, 0.15) is 68.8 Å². The molecule has 2 N–H and O–H groups in total. The summed E-state index contributed by atoms with van der Waals surface area (Å²) >= 11 is 0. The van der Waals surface area contributed by atoms with E-state index in [0.29, 0.717) is 23.4 Å². The van der Waals surface area contributed by atoms with Crippen molar-refractivity contribution in [2.24, 2.45) is 17.6 Å². The molecule has 2 heterocycles. The Hall–Kier alpha value is -1.95. The fourth-order valence-corrected chi connectivity index (χ4v) is 4.27. The first-order valence-electron chi connectivity index (χ1n) is 10.4. The molecule has 0 aliphatic heterocycles. The van der Waals surface area contributed by atoms with Crippen molar-refractivity contribution in [2.75, 3.05) is 13.1 Å². The average Bonchev–Trinajstić information content (AvgIpc) is 3.41. The lowest BCUT2D eigenvalue weighted by Gasteiger charge is -2.37. The fraction of sp³-hybridized carbons (Fsp3) is 0.667. The summed E-state index contributed by atoms with van der Waals surface area (Å²) in [6, 6.07) is 2.55. The number of nitrogens with two attached hydrogens (primary N) is 1. The summed E-state index contributed by atoms with van der Waals surface area (Å²) in [5.41, 5.74) is 7.38. The van der Waals surface area contributed by atoms with E-state index in [1.807, 2.05) is 16.9 Å². The first-order valence-corrected chi connectivity index (χ1v) is 10.4. The Kier molecular flexibility index (Phi) is 5.17. The molecule has 0 bridgehead atoms. The normalized spacial score (nSPS) is 23.1. The van der Waals surface area contributed by atoms with Gasteiger partial charge in [0, 0.05) is 30.2 Å². The molecule has 2 aromatic rings. The van der Waals surface area contributed by atoms with Gasteiger partial charge in [-0.15, -0.1) is 0 Å². The van der Waals surface area contributed by atoms with Crippen LogP contribution in [0.5, 0.6) is 0 Å². The summed E-state index contributed by atoms with van der Waals surface area (Å²) in [5.74, 6) is 1.44. The minimum atomic E-state index is 0.129. The Morgan fingerprint density at radius 2 is 1.89 bits per heavy atom. The van der Waals surface area contributed by atoms with Crippen LogP contribution in [-0.2, 0) is 0 Å². The van der Waals surface area contributed by atoms with Crippen LogP contribution < -0.4 is 5.73 Å². The topological polar surface area (TPSA) is 77.0 Å². The van der Waals surface area contributed by atoms with E-state index in [-0.39, 0.29) is 11.9 Å². The SMILES string of the molecule is CC(C)n1ncc2cc(C(=O)N(CC3CC3)C3CCC(CN)CC3)cnc21. The van der Waals surface area contributed by atoms with Gasteiger partial charge in [-0.05, 0) is 76.8 Å². The molecular weight excluding hydrogens is 338 g/mol. The van der Waals surface area contributed by atoms with Crippen LogP contribution in [0.3, 0.4) is 0 Å². The monoisotopic (exact) mass is 369 g/mol. The molecule has 0 radical (unpaired) electrons. The van der Waals surface area contributed by atoms with Gasteiger partial charge < -0.3 is 10.6 Å². The summed E-state index contributed by atoms with van der Waals surface area (Å²) in [5, 5.41) is 5.36. The summed E-state index contributed by atoms with van der Waals surface area (Å²) in [6.07, 6.45) is 10.5. The number of rotatable bonds is 6. The van der Waals surface area contributed by atoms with Crippen molar-refractivity contribution in [3.8, 4) is 0 Å². The third-order valence-electron chi connectivity index (χ3n) is 6.17. The highest BCUT2D eigenvalue weighted by molar-refractivity contribution is 5.97. The minimum absolute atomic E-state index is 0.129. The van der Waals surface area contributed by atoms with Gasteiger partial charge in [0.1, 0.15) is 0 Å². The van der Waals surface area contributed by atoms with E-state index in [0.717, 1.165) is 49.8 Å². The lowest BCUT2D eigenvalue weighted by molar-refractivity contribution is 0.0599. The molecule has 1 amide bonds. The Morgan fingerprint density at radius 3 is 2.52 bits per heavy atom. The zero-order chi connectivity index (χ0) is 19.0. The summed E-state index contributed by atoms with van der Waals surface area (Å²) < 4.78 is 1.90. The number of nitrogens with zero attached hydrogens (tertiary/aromatic N) is 4. The van der Waals surface area contributed by atoms with Gasteiger partial charge in [0.05, 0.1) is 11.8 Å². The second-order valence-corrected chi connectivity index (χ2v) is 8.63. The molecule has 146 valence electrons. The molecule has 2 fully saturated rings. The smallest absolute Gasteiger partial charge is 0.255 e. The van der Waals surface area contributed by atoms with Crippen LogP contribution in [0.25, 0.3) is 11.0 Å². The summed E-state index contributed by atoms with van der Waals surface area (Å²) in [4.78, 5) is 20.1. The van der Waals surface area contributed by atoms with E-state index in [1.165, 1.54) is 12.8 Å². The standard InChI is InChI=1S/C21H31N5O/c1-14(2)26-20-17(12-24-26)9-18(11-23-20)21(27)25(13-16-3-4-16)19-7-5-15(10-22)6-8-19/h9,11-12,14-16,19H,3-8,10,13,22H2,1-2H3. The van der Waals surface area contributed by atoms with Gasteiger partial charge in [0.25, 0.3) is 5.91 Å². The molecule has 2 aliphatic carbocycles. The molecule has 6 nitrogen and oxygen atoms in total. The van der Waals surface area contributed by atoms with Crippen molar-refractivity contribution in [3.63, 3.8) is 0 Å². The molecule has 4 rings (SSSR count). The van der Waals surface area contributed by atoms with E-state index < -0.39 is 0 Å². The lowest BCUT2D eigenvalue weighted by Crippen LogP contribution is -2.44. The summed E-state index contributed by atoms with van der Waals surface area (Å²) in [7, 11) is 0. The maximum Gasteiger partial charge on any atom is 0.255 e. The molecule has 0 unspecified atom stereocenters. The van der Waals surface area contributed by atoms with E-state index in [1.54, 1.807) is 6.20 Å². The fourth-order valence-electron chi connectivity index (χ4n) is 4.27. The Bertz CT molecular complexity index is 802. The Labute approximate surface area is 161 Å².